The molecule has 4 nitrogen and oxygen atoms in total. The Morgan fingerprint density at radius 3 is 2.44 bits per heavy atom. The molecule has 16 heavy (non-hydrogen) atoms. The molecule has 0 aliphatic heterocycles. The summed E-state index contributed by atoms with van der Waals surface area (Å²) in [6.07, 6.45) is 0.572. The smallest absolute Gasteiger partial charge is 0.221 e. The van der Waals surface area contributed by atoms with Crippen molar-refractivity contribution in [3.63, 3.8) is 0 Å². The van der Waals surface area contributed by atoms with Crippen LogP contribution in [0.3, 0.4) is 0 Å². The lowest BCUT2D eigenvalue weighted by Crippen LogP contribution is -2.40. The Kier molecular flexibility index (Phi) is 7.34. The number of hydrogen-bond acceptors (Lipinski definition) is 3. The van der Waals surface area contributed by atoms with Gasteiger partial charge < -0.3 is 16.0 Å². The van der Waals surface area contributed by atoms with Crippen LogP contribution in [0.15, 0.2) is 0 Å². The molecule has 3 N–H and O–H groups in total. The van der Waals surface area contributed by atoms with Crippen LogP contribution in [0.5, 0.6) is 0 Å². The number of amides is 1. The van der Waals surface area contributed by atoms with Crippen molar-refractivity contribution in [1.29, 1.82) is 0 Å². The van der Waals surface area contributed by atoms with Gasteiger partial charge >= 0.3 is 0 Å². The lowest BCUT2D eigenvalue weighted by Gasteiger charge is -2.30. The van der Waals surface area contributed by atoms with Crippen LogP contribution in [-0.4, -0.2) is 43.5 Å². The van der Waals surface area contributed by atoms with E-state index in [1.54, 1.807) is 0 Å². The number of nitrogens with zero attached hydrogens (tertiary/aromatic N) is 1. The summed E-state index contributed by atoms with van der Waals surface area (Å²) in [6, 6.07) is 0. The van der Waals surface area contributed by atoms with Gasteiger partial charge in [-0.25, -0.2) is 0 Å². The quantitative estimate of drug-likeness (QED) is 0.648. The summed E-state index contributed by atoms with van der Waals surface area (Å²) in [5.74, 6) is 0.131. The van der Waals surface area contributed by atoms with Gasteiger partial charge in [-0.2, -0.15) is 0 Å². The molecule has 0 aliphatic carbocycles. The molecule has 1 amide bonds. The fourth-order valence-corrected chi connectivity index (χ4v) is 1.56. The average molecular weight is 229 g/mol. The van der Waals surface area contributed by atoms with Gasteiger partial charge in [-0.05, 0) is 25.4 Å². The molecule has 0 aromatic rings. The zero-order valence-corrected chi connectivity index (χ0v) is 11.2. The third-order valence-corrected chi connectivity index (χ3v) is 2.68. The van der Waals surface area contributed by atoms with Crippen LogP contribution in [0, 0.1) is 5.41 Å². The van der Waals surface area contributed by atoms with Crippen LogP contribution < -0.4 is 11.1 Å². The summed E-state index contributed by atoms with van der Waals surface area (Å²) >= 11 is 0. The Morgan fingerprint density at radius 1 is 1.38 bits per heavy atom. The maximum Gasteiger partial charge on any atom is 0.221 e. The average Bonchev–Trinajstić information content (AvgIpc) is 2.24. The van der Waals surface area contributed by atoms with E-state index in [1.165, 1.54) is 0 Å². The second kappa shape index (κ2) is 7.63. The Bertz CT molecular complexity index is 204. The van der Waals surface area contributed by atoms with Gasteiger partial charge in [0.2, 0.25) is 5.91 Å². The van der Waals surface area contributed by atoms with E-state index in [1.807, 2.05) is 6.92 Å². The fraction of sp³-hybridized carbons (Fsp3) is 0.917. The molecule has 0 aliphatic rings. The number of carbonyl (C=O) groups excluding carboxylic acids is 1. The van der Waals surface area contributed by atoms with E-state index in [0.717, 1.165) is 19.6 Å². The third-order valence-electron chi connectivity index (χ3n) is 2.68. The molecule has 0 spiro atoms. The van der Waals surface area contributed by atoms with Crippen molar-refractivity contribution in [2.24, 2.45) is 11.1 Å². The minimum atomic E-state index is 0.122. The second-order valence-corrected chi connectivity index (χ2v) is 4.94. The highest BCUT2D eigenvalue weighted by Crippen LogP contribution is 2.14. The van der Waals surface area contributed by atoms with Crippen molar-refractivity contribution >= 4 is 5.91 Å². The molecule has 0 radical (unpaired) electrons. The summed E-state index contributed by atoms with van der Waals surface area (Å²) < 4.78 is 0. The predicted octanol–water partition coefficient (Wildman–Crippen LogP) is 0.819. The maximum atomic E-state index is 11.3. The highest BCUT2D eigenvalue weighted by atomic mass is 16.1. The number of nitrogens with two attached hydrogens (primary N) is 1. The molecule has 96 valence electrons. The summed E-state index contributed by atoms with van der Waals surface area (Å²) in [5.41, 5.74) is 5.83. The highest BCUT2D eigenvalue weighted by Gasteiger charge is 2.19. The first kappa shape index (κ1) is 15.4. The Hall–Kier alpha value is -0.610. The Labute approximate surface area is 99.6 Å². The zero-order chi connectivity index (χ0) is 12.6. The minimum absolute atomic E-state index is 0.122. The lowest BCUT2D eigenvalue weighted by molar-refractivity contribution is -0.121. The summed E-state index contributed by atoms with van der Waals surface area (Å²) in [4.78, 5) is 13.6. The standard InChI is InChI=1S/C12H27N3O/c1-5-14-11(16)7-8-15(6-2)10-12(3,4)9-13/h5-10,13H2,1-4H3,(H,14,16). The molecule has 0 saturated heterocycles. The normalized spacial score (nSPS) is 11.9. The van der Waals surface area contributed by atoms with Crippen molar-refractivity contribution in [2.75, 3.05) is 32.7 Å². The van der Waals surface area contributed by atoms with Crippen molar-refractivity contribution in [3.8, 4) is 0 Å². The molecule has 0 unspecified atom stereocenters. The van der Waals surface area contributed by atoms with Gasteiger partial charge in [0, 0.05) is 26.1 Å². The lowest BCUT2D eigenvalue weighted by atomic mass is 9.93. The zero-order valence-electron chi connectivity index (χ0n) is 11.2. The number of carbonyl (C=O) groups is 1. The summed E-state index contributed by atoms with van der Waals surface area (Å²) in [7, 11) is 0. The molecule has 0 bridgehead atoms. The monoisotopic (exact) mass is 229 g/mol. The second-order valence-electron chi connectivity index (χ2n) is 4.94. The van der Waals surface area contributed by atoms with Crippen molar-refractivity contribution in [3.05, 3.63) is 0 Å². The van der Waals surface area contributed by atoms with Crippen LogP contribution in [0.25, 0.3) is 0 Å². The van der Waals surface area contributed by atoms with Crippen LogP contribution in [0.2, 0.25) is 0 Å². The van der Waals surface area contributed by atoms with Gasteiger partial charge in [-0.15, -0.1) is 0 Å². The SMILES string of the molecule is CCNC(=O)CCN(CC)CC(C)(C)CN. The molecule has 0 aromatic heterocycles. The van der Waals surface area contributed by atoms with E-state index in [2.05, 4.69) is 31.0 Å². The third kappa shape index (κ3) is 6.80. The molecule has 0 aromatic carbocycles. The van der Waals surface area contributed by atoms with E-state index < -0.39 is 0 Å². The van der Waals surface area contributed by atoms with Gasteiger partial charge in [0.1, 0.15) is 0 Å². The van der Waals surface area contributed by atoms with E-state index in [4.69, 9.17) is 5.73 Å². The van der Waals surface area contributed by atoms with Gasteiger partial charge in [-0.1, -0.05) is 20.8 Å². The van der Waals surface area contributed by atoms with Crippen LogP contribution in [0.4, 0.5) is 0 Å². The van der Waals surface area contributed by atoms with Gasteiger partial charge in [0.05, 0.1) is 0 Å². The van der Waals surface area contributed by atoms with Crippen LogP contribution >= 0.6 is 0 Å². The van der Waals surface area contributed by atoms with Crippen molar-refractivity contribution in [1.82, 2.24) is 10.2 Å². The van der Waals surface area contributed by atoms with E-state index >= 15 is 0 Å². The van der Waals surface area contributed by atoms with Gasteiger partial charge in [0.15, 0.2) is 0 Å². The molecular formula is C12H27N3O. The fourth-order valence-electron chi connectivity index (χ4n) is 1.56. The number of hydrogen-bond donors (Lipinski definition) is 2. The minimum Gasteiger partial charge on any atom is -0.356 e. The van der Waals surface area contributed by atoms with Gasteiger partial charge in [0.25, 0.3) is 0 Å². The molecular weight excluding hydrogens is 202 g/mol. The molecule has 0 saturated carbocycles. The first-order valence-electron chi connectivity index (χ1n) is 6.14. The molecule has 4 heteroatoms. The van der Waals surface area contributed by atoms with Crippen molar-refractivity contribution in [2.45, 2.75) is 34.1 Å². The predicted molar refractivity (Wildman–Crippen MR) is 68.3 cm³/mol. The first-order chi connectivity index (χ1) is 7.45. The Balaban J connectivity index is 3.97. The summed E-state index contributed by atoms with van der Waals surface area (Å²) in [5, 5.41) is 2.81. The van der Waals surface area contributed by atoms with Gasteiger partial charge in [-0.3, -0.25) is 4.79 Å². The first-order valence-corrected chi connectivity index (χ1v) is 6.14. The topological polar surface area (TPSA) is 58.4 Å². The summed E-state index contributed by atoms with van der Waals surface area (Å²) in [6.45, 7) is 12.5. The highest BCUT2D eigenvalue weighted by molar-refractivity contribution is 5.75. The maximum absolute atomic E-state index is 11.3. The number of rotatable bonds is 8. The molecule has 0 atom stereocenters. The van der Waals surface area contributed by atoms with E-state index in [-0.39, 0.29) is 11.3 Å². The van der Waals surface area contributed by atoms with Crippen LogP contribution in [0.1, 0.15) is 34.1 Å². The number of nitrogens with one attached hydrogen (secondary N) is 1. The largest absolute Gasteiger partial charge is 0.356 e. The van der Waals surface area contributed by atoms with E-state index in [9.17, 15) is 4.79 Å². The molecule has 0 fully saturated rings. The van der Waals surface area contributed by atoms with E-state index in [0.29, 0.717) is 19.5 Å². The van der Waals surface area contributed by atoms with Crippen molar-refractivity contribution < 1.29 is 4.79 Å². The molecule has 0 heterocycles. The van der Waals surface area contributed by atoms with Crippen LogP contribution in [-0.2, 0) is 4.79 Å². The molecule has 0 rings (SSSR count). The Morgan fingerprint density at radius 2 is 2.00 bits per heavy atom.